The number of hydrogen-bond acceptors (Lipinski definition) is 6. The van der Waals surface area contributed by atoms with Gasteiger partial charge in [0.1, 0.15) is 16.9 Å². The van der Waals surface area contributed by atoms with Crippen LogP contribution < -0.4 is 9.05 Å². The molecule has 4 atom stereocenters. The van der Waals surface area contributed by atoms with Gasteiger partial charge in [0.05, 0.1) is 12.2 Å². The number of phosphoric ester groups is 1. The molecule has 1 saturated heterocycles. The number of ether oxygens (including phenoxy) is 1. The number of hydrogen-bond donors (Lipinski definition) is 0. The SMILES string of the molecule is CC[C@H]1OC(OP(=O)(Oc2ccccc2)Oc2ccccc2)[C@](C)(C#N)[C@@H]1C. The topological polar surface area (TPSA) is 77.8 Å². The zero-order valence-electron chi connectivity index (χ0n) is 16.1. The van der Waals surface area contributed by atoms with Crippen molar-refractivity contribution in [3.63, 3.8) is 0 Å². The van der Waals surface area contributed by atoms with Crippen molar-refractivity contribution in [3.05, 3.63) is 60.7 Å². The van der Waals surface area contributed by atoms with Crippen molar-refractivity contribution in [1.82, 2.24) is 0 Å². The lowest BCUT2D eigenvalue weighted by Gasteiger charge is -2.28. The third-order valence-corrected chi connectivity index (χ3v) is 6.40. The second-order valence-electron chi connectivity index (χ2n) is 6.96. The van der Waals surface area contributed by atoms with E-state index in [9.17, 15) is 9.83 Å². The maximum atomic E-state index is 13.6. The molecular formula is C21H24NO5P. The first kappa shape index (κ1) is 20.4. The molecule has 0 N–H and O–H groups in total. The van der Waals surface area contributed by atoms with Crippen LogP contribution in [0.5, 0.6) is 11.5 Å². The normalized spacial score (nSPS) is 27.1. The molecule has 3 rings (SSSR count). The van der Waals surface area contributed by atoms with E-state index in [1.165, 1.54) is 0 Å². The monoisotopic (exact) mass is 401 g/mol. The predicted octanol–water partition coefficient (Wildman–Crippen LogP) is 5.57. The number of benzene rings is 2. The highest BCUT2D eigenvalue weighted by atomic mass is 31.2. The summed E-state index contributed by atoms with van der Waals surface area (Å²) in [5.74, 6) is 0.562. The Labute approximate surface area is 165 Å². The largest absolute Gasteiger partial charge is 0.589 e. The zero-order valence-corrected chi connectivity index (χ0v) is 17.0. The van der Waals surface area contributed by atoms with E-state index in [2.05, 4.69) is 6.07 Å². The van der Waals surface area contributed by atoms with Gasteiger partial charge in [-0.25, -0.2) is 9.09 Å². The average Bonchev–Trinajstić information content (AvgIpc) is 2.94. The first-order valence-electron chi connectivity index (χ1n) is 9.24. The van der Waals surface area contributed by atoms with Gasteiger partial charge in [0.25, 0.3) is 0 Å². The van der Waals surface area contributed by atoms with Gasteiger partial charge in [0.2, 0.25) is 0 Å². The van der Waals surface area contributed by atoms with Gasteiger partial charge >= 0.3 is 7.82 Å². The second kappa shape index (κ2) is 8.36. The van der Waals surface area contributed by atoms with Gasteiger partial charge in [-0.1, -0.05) is 50.2 Å². The number of nitriles is 1. The minimum Gasteiger partial charge on any atom is -0.395 e. The Morgan fingerprint density at radius 1 is 1.07 bits per heavy atom. The highest BCUT2D eigenvalue weighted by Crippen LogP contribution is 2.56. The molecule has 0 radical (unpaired) electrons. The molecule has 0 saturated carbocycles. The maximum absolute atomic E-state index is 13.6. The van der Waals surface area contributed by atoms with Crippen molar-refractivity contribution in [2.24, 2.45) is 11.3 Å². The zero-order chi connectivity index (χ0) is 20.2. The van der Waals surface area contributed by atoms with Crippen LogP contribution in [0.15, 0.2) is 60.7 Å². The molecular weight excluding hydrogens is 377 g/mol. The summed E-state index contributed by atoms with van der Waals surface area (Å²) in [6, 6.07) is 19.5. The van der Waals surface area contributed by atoms with Crippen LogP contribution in [-0.4, -0.2) is 12.4 Å². The van der Waals surface area contributed by atoms with E-state index in [1.807, 2.05) is 26.0 Å². The highest BCUT2D eigenvalue weighted by molar-refractivity contribution is 7.49. The van der Waals surface area contributed by atoms with Crippen LogP contribution in [0.2, 0.25) is 0 Å². The van der Waals surface area contributed by atoms with Gasteiger partial charge in [0, 0.05) is 5.92 Å². The molecule has 0 bridgehead atoms. The van der Waals surface area contributed by atoms with Crippen molar-refractivity contribution in [2.75, 3.05) is 0 Å². The molecule has 0 aliphatic carbocycles. The van der Waals surface area contributed by atoms with Gasteiger partial charge in [-0.15, -0.1) is 0 Å². The van der Waals surface area contributed by atoms with E-state index in [4.69, 9.17) is 18.3 Å². The quantitative estimate of drug-likeness (QED) is 0.565. The molecule has 148 valence electrons. The molecule has 1 aliphatic heterocycles. The number of phosphoric acid groups is 1. The van der Waals surface area contributed by atoms with Crippen LogP contribution in [0.4, 0.5) is 0 Å². The lowest BCUT2D eigenvalue weighted by molar-refractivity contribution is -0.110. The van der Waals surface area contributed by atoms with E-state index in [1.54, 1.807) is 55.5 Å². The number of nitrogens with zero attached hydrogens (tertiary/aromatic N) is 1. The van der Waals surface area contributed by atoms with Gasteiger partial charge in [-0.3, -0.25) is 0 Å². The molecule has 1 unspecified atom stereocenters. The van der Waals surface area contributed by atoms with E-state index < -0.39 is 19.5 Å². The molecule has 1 fully saturated rings. The van der Waals surface area contributed by atoms with E-state index >= 15 is 0 Å². The Bertz CT molecular complexity index is 824. The third-order valence-electron chi connectivity index (χ3n) is 5.08. The Kier molecular flexibility index (Phi) is 6.10. The number of para-hydroxylation sites is 2. The summed E-state index contributed by atoms with van der Waals surface area (Å²) in [5.41, 5.74) is -0.990. The Balaban J connectivity index is 1.90. The van der Waals surface area contributed by atoms with Crippen LogP contribution in [0.25, 0.3) is 0 Å². The second-order valence-corrected chi connectivity index (χ2v) is 8.43. The fraction of sp³-hybridized carbons (Fsp3) is 0.381. The van der Waals surface area contributed by atoms with Crippen molar-refractivity contribution in [1.29, 1.82) is 5.26 Å². The third kappa shape index (κ3) is 4.23. The highest BCUT2D eigenvalue weighted by Gasteiger charge is 2.55. The summed E-state index contributed by atoms with van der Waals surface area (Å²) in [6.45, 7) is 5.65. The Morgan fingerprint density at radius 3 is 2.00 bits per heavy atom. The van der Waals surface area contributed by atoms with E-state index in [0.29, 0.717) is 17.9 Å². The molecule has 2 aromatic carbocycles. The average molecular weight is 401 g/mol. The molecule has 1 heterocycles. The summed E-state index contributed by atoms with van der Waals surface area (Å²) in [5, 5.41) is 9.77. The number of rotatable bonds is 7. The summed E-state index contributed by atoms with van der Waals surface area (Å²) in [4.78, 5) is 0. The Morgan fingerprint density at radius 2 is 1.57 bits per heavy atom. The summed E-state index contributed by atoms with van der Waals surface area (Å²) >= 11 is 0. The van der Waals surface area contributed by atoms with Gasteiger partial charge in [-0.05, 0) is 37.6 Å². The molecule has 0 spiro atoms. The molecule has 1 aliphatic rings. The Hall–Kier alpha value is -2.32. The summed E-state index contributed by atoms with van der Waals surface area (Å²) in [6.07, 6.45) is -0.519. The van der Waals surface area contributed by atoms with Gasteiger partial charge < -0.3 is 13.8 Å². The van der Waals surface area contributed by atoms with Crippen LogP contribution in [-0.2, 0) is 13.8 Å². The first-order chi connectivity index (χ1) is 13.4. The minimum absolute atomic E-state index is 0.102. The minimum atomic E-state index is -4.15. The van der Waals surface area contributed by atoms with Crippen LogP contribution >= 0.6 is 7.82 Å². The van der Waals surface area contributed by atoms with Crippen molar-refractivity contribution < 1.29 is 22.9 Å². The fourth-order valence-electron chi connectivity index (χ4n) is 3.16. The first-order valence-corrected chi connectivity index (χ1v) is 10.7. The lowest BCUT2D eigenvalue weighted by Crippen LogP contribution is -2.33. The standard InChI is InChI=1S/C21H24NO5P/c1-4-19-16(2)21(3,15-22)20(24-19)27-28(23,25-17-11-7-5-8-12-17)26-18-13-9-6-10-14-18/h5-14,16,19-20H,4H2,1-3H3/t16-,19-,20?,21-/m1/s1. The molecule has 0 amide bonds. The lowest BCUT2D eigenvalue weighted by atomic mass is 9.78. The van der Waals surface area contributed by atoms with Gasteiger partial charge in [-0.2, -0.15) is 5.26 Å². The van der Waals surface area contributed by atoms with E-state index in [-0.39, 0.29) is 12.0 Å². The molecule has 7 heteroatoms. The predicted molar refractivity (Wildman–Crippen MR) is 105 cm³/mol. The van der Waals surface area contributed by atoms with Crippen molar-refractivity contribution in [3.8, 4) is 17.6 Å². The molecule has 2 aromatic rings. The fourth-order valence-corrected chi connectivity index (χ4v) is 4.54. The molecule has 28 heavy (non-hydrogen) atoms. The maximum Gasteiger partial charge on any atom is 0.589 e. The van der Waals surface area contributed by atoms with Crippen molar-refractivity contribution in [2.45, 2.75) is 39.6 Å². The molecule has 0 aromatic heterocycles. The van der Waals surface area contributed by atoms with Crippen LogP contribution in [0, 0.1) is 22.7 Å². The van der Waals surface area contributed by atoms with Gasteiger partial charge in [0.15, 0.2) is 6.29 Å². The molecule has 6 nitrogen and oxygen atoms in total. The summed E-state index contributed by atoms with van der Waals surface area (Å²) in [7, 11) is -4.15. The van der Waals surface area contributed by atoms with E-state index in [0.717, 1.165) is 0 Å². The summed E-state index contributed by atoms with van der Waals surface area (Å²) < 4.78 is 36.5. The van der Waals surface area contributed by atoms with Crippen molar-refractivity contribution >= 4 is 7.82 Å². The van der Waals surface area contributed by atoms with Crippen LogP contribution in [0.3, 0.4) is 0 Å². The smallest absolute Gasteiger partial charge is 0.395 e. The van der Waals surface area contributed by atoms with Crippen LogP contribution in [0.1, 0.15) is 27.2 Å².